The summed E-state index contributed by atoms with van der Waals surface area (Å²) in [4.78, 5) is 16.6. The minimum Gasteiger partial charge on any atom is -0.437 e. The standard InChI is InChI=1S/C25H18Cl3N3O4S/c26-18-12-23(31-36(33,34)20-9-10-21(27)22(28)13-20)25(30-15-18)35-19-8-4-7-17(11-19)24(32)29-14-16-5-2-1-3-6-16/h1-13,15,31H,14H2,(H,29,32). The number of carbonyl (C=O) groups is 1. The van der Waals surface area contributed by atoms with Crippen LogP contribution in [-0.4, -0.2) is 19.3 Å². The molecule has 4 rings (SSSR count). The summed E-state index contributed by atoms with van der Waals surface area (Å²) < 4.78 is 34.1. The van der Waals surface area contributed by atoms with Gasteiger partial charge in [-0.1, -0.05) is 71.2 Å². The molecule has 0 bridgehead atoms. The zero-order valence-corrected chi connectivity index (χ0v) is 21.5. The number of halogens is 3. The molecule has 1 amide bonds. The first-order chi connectivity index (χ1) is 17.2. The van der Waals surface area contributed by atoms with Crippen molar-refractivity contribution >= 4 is 56.4 Å². The Balaban J connectivity index is 1.54. The van der Waals surface area contributed by atoms with Gasteiger partial charge in [0.15, 0.2) is 0 Å². The molecule has 36 heavy (non-hydrogen) atoms. The molecule has 0 radical (unpaired) electrons. The summed E-state index contributed by atoms with van der Waals surface area (Å²) in [5.74, 6) is -0.0917. The number of pyridine rings is 1. The number of anilines is 1. The van der Waals surface area contributed by atoms with E-state index in [0.29, 0.717) is 12.1 Å². The molecule has 0 aliphatic rings. The van der Waals surface area contributed by atoms with Crippen LogP contribution in [0.3, 0.4) is 0 Å². The van der Waals surface area contributed by atoms with Gasteiger partial charge in [-0.15, -0.1) is 0 Å². The van der Waals surface area contributed by atoms with Crippen LogP contribution in [0, 0.1) is 0 Å². The summed E-state index contributed by atoms with van der Waals surface area (Å²) in [6.07, 6.45) is 1.31. The number of nitrogens with zero attached hydrogens (tertiary/aromatic N) is 1. The molecule has 3 aromatic carbocycles. The number of rotatable bonds is 8. The number of ether oxygens (including phenoxy) is 1. The molecule has 11 heteroatoms. The van der Waals surface area contributed by atoms with E-state index < -0.39 is 10.0 Å². The van der Waals surface area contributed by atoms with Crippen LogP contribution in [-0.2, 0) is 16.6 Å². The van der Waals surface area contributed by atoms with Gasteiger partial charge in [0.1, 0.15) is 11.4 Å². The van der Waals surface area contributed by atoms with Gasteiger partial charge < -0.3 is 10.1 Å². The van der Waals surface area contributed by atoms with Gasteiger partial charge in [0.05, 0.1) is 20.0 Å². The lowest BCUT2D eigenvalue weighted by Gasteiger charge is -2.14. The normalized spacial score (nSPS) is 11.1. The molecule has 184 valence electrons. The van der Waals surface area contributed by atoms with Gasteiger partial charge in [-0.2, -0.15) is 0 Å². The Morgan fingerprint density at radius 2 is 1.67 bits per heavy atom. The van der Waals surface area contributed by atoms with Gasteiger partial charge in [0.2, 0.25) is 5.88 Å². The maximum Gasteiger partial charge on any atom is 0.262 e. The number of aromatic nitrogens is 1. The Hall–Kier alpha value is -3.30. The van der Waals surface area contributed by atoms with Gasteiger partial charge >= 0.3 is 0 Å². The van der Waals surface area contributed by atoms with Crippen molar-refractivity contribution in [2.75, 3.05) is 4.72 Å². The first-order valence-electron chi connectivity index (χ1n) is 10.4. The second kappa shape index (κ2) is 11.2. The van der Waals surface area contributed by atoms with E-state index in [0.717, 1.165) is 5.56 Å². The van der Waals surface area contributed by atoms with E-state index in [4.69, 9.17) is 39.5 Å². The van der Waals surface area contributed by atoms with Crippen molar-refractivity contribution in [3.05, 3.63) is 111 Å². The third kappa shape index (κ3) is 6.47. The summed E-state index contributed by atoms with van der Waals surface area (Å²) in [6.45, 7) is 0.365. The number of nitrogens with one attached hydrogen (secondary N) is 2. The van der Waals surface area contributed by atoms with Crippen LogP contribution < -0.4 is 14.8 Å². The minimum absolute atomic E-state index is 0.00694. The maximum atomic E-state index is 12.9. The van der Waals surface area contributed by atoms with Gasteiger partial charge in [-0.25, -0.2) is 13.4 Å². The fourth-order valence-corrected chi connectivity index (χ4v) is 4.72. The Kier molecular flexibility index (Phi) is 8.01. The van der Waals surface area contributed by atoms with Crippen LogP contribution >= 0.6 is 34.8 Å². The Morgan fingerprint density at radius 3 is 2.42 bits per heavy atom. The van der Waals surface area contributed by atoms with Crippen molar-refractivity contribution in [3.63, 3.8) is 0 Å². The van der Waals surface area contributed by atoms with E-state index in [1.807, 2.05) is 30.3 Å². The lowest BCUT2D eigenvalue weighted by Crippen LogP contribution is -2.22. The van der Waals surface area contributed by atoms with E-state index in [9.17, 15) is 13.2 Å². The van der Waals surface area contributed by atoms with Gasteiger partial charge in [-0.3, -0.25) is 9.52 Å². The monoisotopic (exact) mass is 561 g/mol. The lowest BCUT2D eigenvalue weighted by molar-refractivity contribution is 0.0950. The summed E-state index contributed by atoms with van der Waals surface area (Å²) in [6, 6.07) is 21.2. The molecule has 0 fully saturated rings. The van der Waals surface area contributed by atoms with Crippen LogP contribution in [0.2, 0.25) is 15.1 Å². The van der Waals surface area contributed by atoms with E-state index in [2.05, 4.69) is 15.0 Å². The fraction of sp³-hybridized carbons (Fsp3) is 0.0400. The Morgan fingerprint density at radius 1 is 0.889 bits per heavy atom. The highest BCUT2D eigenvalue weighted by Gasteiger charge is 2.20. The smallest absolute Gasteiger partial charge is 0.262 e. The van der Waals surface area contributed by atoms with Crippen molar-refractivity contribution in [3.8, 4) is 11.6 Å². The molecule has 1 heterocycles. The van der Waals surface area contributed by atoms with Crippen LogP contribution in [0.25, 0.3) is 0 Å². The zero-order chi connectivity index (χ0) is 25.7. The molecule has 0 aliphatic carbocycles. The minimum atomic E-state index is -4.08. The highest BCUT2D eigenvalue weighted by Crippen LogP contribution is 2.32. The second-order valence-corrected chi connectivity index (χ2v) is 10.4. The summed E-state index contributed by atoms with van der Waals surface area (Å²) >= 11 is 17.9. The molecule has 0 aliphatic heterocycles. The number of hydrogen-bond acceptors (Lipinski definition) is 5. The molecule has 0 atom stereocenters. The summed E-state index contributed by atoms with van der Waals surface area (Å²) in [5.41, 5.74) is 1.31. The number of benzene rings is 3. The first kappa shape index (κ1) is 25.8. The quantitative estimate of drug-likeness (QED) is 0.253. The Bertz CT molecular complexity index is 1520. The van der Waals surface area contributed by atoms with E-state index in [1.165, 1.54) is 36.5 Å². The number of carbonyl (C=O) groups excluding carboxylic acids is 1. The number of amides is 1. The largest absolute Gasteiger partial charge is 0.437 e. The molecule has 7 nitrogen and oxygen atoms in total. The highest BCUT2D eigenvalue weighted by molar-refractivity contribution is 7.92. The van der Waals surface area contributed by atoms with E-state index >= 15 is 0 Å². The Labute approximate surface area is 223 Å². The average Bonchev–Trinajstić information content (AvgIpc) is 2.86. The number of sulfonamides is 1. The molecule has 0 spiro atoms. The van der Waals surface area contributed by atoms with Gasteiger partial charge in [0.25, 0.3) is 15.9 Å². The van der Waals surface area contributed by atoms with Crippen LogP contribution in [0.15, 0.2) is 90.0 Å². The highest BCUT2D eigenvalue weighted by atomic mass is 35.5. The topological polar surface area (TPSA) is 97.4 Å². The predicted octanol–water partition coefficient (Wildman–Crippen LogP) is 6.56. The van der Waals surface area contributed by atoms with Crippen molar-refractivity contribution in [2.45, 2.75) is 11.4 Å². The molecule has 0 saturated carbocycles. The van der Waals surface area contributed by atoms with Crippen molar-refractivity contribution in [2.24, 2.45) is 0 Å². The SMILES string of the molecule is O=C(NCc1ccccc1)c1cccc(Oc2ncc(Cl)cc2NS(=O)(=O)c2ccc(Cl)c(Cl)c2)c1. The summed E-state index contributed by atoms with van der Waals surface area (Å²) in [7, 11) is -4.08. The van der Waals surface area contributed by atoms with E-state index in [1.54, 1.807) is 18.2 Å². The van der Waals surface area contributed by atoms with Gasteiger partial charge in [-0.05, 0) is 48.0 Å². The fourth-order valence-electron chi connectivity index (χ4n) is 3.12. The molecule has 0 unspecified atom stereocenters. The molecule has 1 aromatic heterocycles. The predicted molar refractivity (Wildman–Crippen MR) is 141 cm³/mol. The maximum absolute atomic E-state index is 12.9. The average molecular weight is 563 g/mol. The third-order valence-corrected chi connectivity index (χ3v) is 7.18. The van der Waals surface area contributed by atoms with E-state index in [-0.39, 0.29) is 43.2 Å². The van der Waals surface area contributed by atoms with Crippen LogP contribution in [0.1, 0.15) is 15.9 Å². The summed E-state index contributed by atoms with van der Waals surface area (Å²) in [5, 5.41) is 3.33. The number of hydrogen-bond donors (Lipinski definition) is 2. The van der Waals surface area contributed by atoms with Crippen molar-refractivity contribution in [1.82, 2.24) is 10.3 Å². The molecule has 2 N–H and O–H groups in total. The van der Waals surface area contributed by atoms with Crippen LogP contribution in [0.5, 0.6) is 11.6 Å². The van der Waals surface area contributed by atoms with Crippen molar-refractivity contribution < 1.29 is 17.9 Å². The van der Waals surface area contributed by atoms with Crippen LogP contribution in [0.4, 0.5) is 5.69 Å². The first-order valence-corrected chi connectivity index (χ1v) is 13.1. The molecule has 4 aromatic rings. The third-order valence-electron chi connectivity index (χ3n) is 4.87. The molecular weight excluding hydrogens is 545 g/mol. The molecular formula is C25H18Cl3N3O4S. The lowest BCUT2D eigenvalue weighted by atomic mass is 10.2. The second-order valence-electron chi connectivity index (χ2n) is 7.49. The zero-order valence-electron chi connectivity index (χ0n) is 18.4. The molecule has 0 saturated heterocycles. The van der Waals surface area contributed by atoms with Crippen molar-refractivity contribution in [1.29, 1.82) is 0 Å². The van der Waals surface area contributed by atoms with Gasteiger partial charge in [0, 0.05) is 18.3 Å².